The van der Waals surface area contributed by atoms with Crippen molar-refractivity contribution in [2.75, 3.05) is 11.9 Å². The van der Waals surface area contributed by atoms with Crippen LogP contribution >= 0.6 is 7.14 Å². The van der Waals surface area contributed by atoms with Gasteiger partial charge in [0.25, 0.3) is 0 Å². The van der Waals surface area contributed by atoms with E-state index in [1.54, 1.807) is 0 Å². The molecule has 0 radical (unpaired) electrons. The highest BCUT2D eigenvalue weighted by Gasteiger charge is 2.26. The van der Waals surface area contributed by atoms with Crippen molar-refractivity contribution in [3.05, 3.63) is 90.5 Å². The van der Waals surface area contributed by atoms with Gasteiger partial charge in [-0.2, -0.15) is 0 Å². The number of anilines is 1. The maximum Gasteiger partial charge on any atom is 0.143 e. The smallest absolute Gasteiger partial charge is 0.143 e. The molecule has 0 heterocycles. The quantitative estimate of drug-likeness (QED) is 0.573. The molecular weight excluding hydrogens is 301 g/mol. The van der Waals surface area contributed by atoms with Crippen LogP contribution in [-0.2, 0) is 11.0 Å². The van der Waals surface area contributed by atoms with E-state index < -0.39 is 7.14 Å². The number of benzene rings is 3. The lowest BCUT2D eigenvalue weighted by Crippen LogP contribution is -2.19. The number of rotatable bonds is 5. The molecule has 0 aromatic heterocycles. The Bertz CT molecular complexity index is 772. The Balaban J connectivity index is 1.95. The van der Waals surface area contributed by atoms with Gasteiger partial charge in [-0.25, -0.2) is 0 Å². The third kappa shape index (κ3) is 3.55. The zero-order chi connectivity index (χ0) is 16.1. The lowest BCUT2D eigenvalue weighted by molar-refractivity contribution is 0.586. The summed E-state index contributed by atoms with van der Waals surface area (Å²) in [7, 11) is -2.65. The molecule has 3 heteroatoms. The highest BCUT2D eigenvalue weighted by molar-refractivity contribution is 7.78. The van der Waals surface area contributed by atoms with E-state index in [4.69, 9.17) is 5.73 Å². The zero-order valence-corrected chi connectivity index (χ0v) is 13.8. The minimum absolute atomic E-state index is 0.602. The van der Waals surface area contributed by atoms with Crippen molar-refractivity contribution >= 4 is 23.4 Å². The van der Waals surface area contributed by atoms with Crippen LogP contribution in [0.2, 0.25) is 0 Å². The van der Waals surface area contributed by atoms with Crippen LogP contribution in [0.25, 0.3) is 0 Å². The summed E-state index contributed by atoms with van der Waals surface area (Å²) in [5.41, 5.74) is 7.72. The first-order valence-corrected chi connectivity index (χ1v) is 9.62. The Morgan fingerprint density at radius 3 is 1.83 bits per heavy atom. The predicted octanol–water partition coefficient (Wildman–Crippen LogP) is 3.83. The Morgan fingerprint density at radius 2 is 1.30 bits per heavy atom. The number of aryl methyl sites for hydroxylation is 1. The summed E-state index contributed by atoms with van der Waals surface area (Å²) < 4.78 is 13.8. The first kappa shape index (κ1) is 15.6. The van der Waals surface area contributed by atoms with Gasteiger partial charge < -0.3 is 10.3 Å². The van der Waals surface area contributed by atoms with Gasteiger partial charge in [-0.05, 0) is 24.1 Å². The van der Waals surface area contributed by atoms with Gasteiger partial charge in [0.1, 0.15) is 7.14 Å². The summed E-state index contributed by atoms with van der Waals surface area (Å²) in [6.45, 7) is 0. The molecule has 3 aromatic rings. The summed E-state index contributed by atoms with van der Waals surface area (Å²) in [5.74, 6) is 0. The van der Waals surface area contributed by atoms with Crippen molar-refractivity contribution < 1.29 is 4.57 Å². The van der Waals surface area contributed by atoms with Crippen LogP contribution in [0.5, 0.6) is 0 Å². The Hall–Kier alpha value is -2.31. The molecule has 23 heavy (non-hydrogen) atoms. The van der Waals surface area contributed by atoms with E-state index in [0.717, 1.165) is 28.3 Å². The second-order valence-electron chi connectivity index (χ2n) is 5.63. The van der Waals surface area contributed by atoms with Crippen LogP contribution in [-0.4, -0.2) is 6.16 Å². The Morgan fingerprint density at radius 1 is 0.739 bits per heavy atom. The number of hydrogen-bond donors (Lipinski definition) is 1. The highest BCUT2D eigenvalue weighted by Crippen LogP contribution is 2.43. The average Bonchev–Trinajstić information content (AvgIpc) is 2.61. The highest BCUT2D eigenvalue weighted by atomic mass is 31.2. The van der Waals surface area contributed by atoms with Crippen LogP contribution in [0.4, 0.5) is 5.69 Å². The van der Waals surface area contributed by atoms with Gasteiger partial charge in [-0.3, -0.25) is 0 Å². The average molecular weight is 321 g/mol. The molecule has 0 fully saturated rings. The molecule has 0 amide bonds. The molecule has 0 saturated carbocycles. The van der Waals surface area contributed by atoms with Gasteiger partial charge in [0.15, 0.2) is 0 Å². The summed E-state index contributed by atoms with van der Waals surface area (Å²) in [4.78, 5) is 0. The molecular formula is C20H20NOP. The van der Waals surface area contributed by atoms with Gasteiger partial charge in [0, 0.05) is 22.5 Å². The second-order valence-corrected chi connectivity index (χ2v) is 8.59. The minimum atomic E-state index is -2.65. The number of nitrogens with two attached hydrogens (primary N) is 1. The SMILES string of the molecule is Nc1cccc(CCP(=O)(c2ccccc2)c2ccccc2)c1. The van der Waals surface area contributed by atoms with Crippen molar-refractivity contribution in [3.63, 3.8) is 0 Å². The molecule has 0 aliphatic carbocycles. The van der Waals surface area contributed by atoms with Crippen molar-refractivity contribution in [2.45, 2.75) is 6.42 Å². The molecule has 0 saturated heterocycles. The van der Waals surface area contributed by atoms with Crippen molar-refractivity contribution in [2.24, 2.45) is 0 Å². The monoisotopic (exact) mass is 321 g/mol. The predicted molar refractivity (Wildman–Crippen MR) is 99.2 cm³/mol. The fourth-order valence-electron chi connectivity index (χ4n) is 2.78. The van der Waals surface area contributed by atoms with Crippen LogP contribution < -0.4 is 16.3 Å². The van der Waals surface area contributed by atoms with Crippen LogP contribution in [0, 0.1) is 0 Å². The zero-order valence-electron chi connectivity index (χ0n) is 12.9. The first-order chi connectivity index (χ1) is 11.2. The van der Waals surface area contributed by atoms with E-state index >= 15 is 0 Å². The number of nitrogen functional groups attached to an aromatic ring is 1. The fourth-order valence-corrected chi connectivity index (χ4v) is 5.48. The van der Waals surface area contributed by atoms with E-state index in [2.05, 4.69) is 0 Å². The van der Waals surface area contributed by atoms with E-state index in [1.165, 1.54) is 0 Å². The lowest BCUT2D eigenvalue weighted by atomic mass is 10.1. The third-order valence-electron chi connectivity index (χ3n) is 4.01. The van der Waals surface area contributed by atoms with Gasteiger partial charge in [-0.15, -0.1) is 0 Å². The summed E-state index contributed by atoms with van der Waals surface area (Å²) in [6.07, 6.45) is 1.34. The van der Waals surface area contributed by atoms with E-state index in [1.807, 2.05) is 84.9 Å². The van der Waals surface area contributed by atoms with Crippen LogP contribution in [0.15, 0.2) is 84.9 Å². The maximum absolute atomic E-state index is 13.8. The Kier molecular flexibility index (Phi) is 4.64. The normalized spacial score (nSPS) is 11.3. The molecule has 0 aliphatic rings. The van der Waals surface area contributed by atoms with E-state index in [-0.39, 0.29) is 0 Å². The molecule has 3 rings (SSSR count). The molecule has 0 spiro atoms. The summed E-state index contributed by atoms with van der Waals surface area (Å²) in [6, 6.07) is 27.4. The number of hydrogen-bond acceptors (Lipinski definition) is 2. The second kappa shape index (κ2) is 6.85. The summed E-state index contributed by atoms with van der Waals surface area (Å²) in [5, 5.41) is 1.82. The molecule has 0 unspecified atom stereocenters. The molecule has 116 valence electrons. The van der Waals surface area contributed by atoms with Crippen molar-refractivity contribution in [3.8, 4) is 0 Å². The van der Waals surface area contributed by atoms with Crippen molar-refractivity contribution in [1.29, 1.82) is 0 Å². The van der Waals surface area contributed by atoms with Crippen LogP contribution in [0.3, 0.4) is 0 Å². The molecule has 0 aliphatic heterocycles. The van der Waals surface area contributed by atoms with Gasteiger partial charge >= 0.3 is 0 Å². The third-order valence-corrected chi connectivity index (χ3v) is 7.13. The topological polar surface area (TPSA) is 43.1 Å². The Labute approximate surface area is 137 Å². The van der Waals surface area contributed by atoms with Gasteiger partial charge in [-0.1, -0.05) is 72.8 Å². The molecule has 0 atom stereocenters. The van der Waals surface area contributed by atoms with E-state index in [9.17, 15) is 4.57 Å². The standard InChI is InChI=1S/C20H20NOP/c21-18-9-7-8-17(16-18)14-15-23(22,19-10-3-1-4-11-19)20-12-5-2-6-13-20/h1-13,16H,14-15,21H2. The fraction of sp³-hybridized carbons (Fsp3) is 0.100. The van der Waals surface area contributed by atoms with Crippen LogP contribution in [0.1, 0.15) is 5.56 Å². The van der Waals surface area contributed by atoms with Gasteiger partial charge in [0.05, 0.1) is 0 Å². The molecule has 3 aromatic carbocycles. The molecule has 0 bridgehead atoms. The van der Waals surface area contributed by atoms with Crippen molar-refractivity contribution in [1.82, 2.24) is 0 Å². The lowest BCUT2D eigenvalue weighted by Gasteiger charge is -2.19. The molecule has 2 nitrogen and oxygen atoms in total. The largest absolute Gasteiger partial charge is 0.399 e. The molecule has 2 N–H and O–H groups in total. The summed E-state index contributed by atoms with van der Waals surface area (Å²) >= 11 is 0. The maximum atomic E-state index is 13.8. The minimum Gasteiger partial charge on any atom is -0.399 e. The van der Waals surface area contributed by atoms with E-state index in [0.29, 0.717) is 6.16 Å². The first-order valence-electron chi connectivity index (χ1n) is 7.73. The van der Waals surface area contributed by atoms with Gasteiger partial charge in [0.2, 0.25) is 0 Å².